The summed E-state index contributed by atoms with van der Waals surface area (Å²) in [7, 11) is -3.06. The third kappa shape index (κ3) is 4.16. The highest BCUT2D eigenvalue weighted by molar-refractivity contribution is 7.88. The van der Waals surface area contributed by atoms with Gasteiger partial charge in [0.25, 0.3) is 0 Å². The van der Waals surface area contributed by atoms with Crippen LogP contribution in [0.15, 0.2) is 0 Å². The fourth-order valence-corrected chi connectivity index (χ4v) is 4.60. The summed E-state index contributed by atoms with van der Waals surface area (Å²) in [6.07, 6.45) is 5.52. The van der Waals surface area contributed by atoms with Crippen LogP contribution in [0.3, 0.4) is 0 Å². The lowest BCUT2D eigenvalue weighted by Crippen LogP contribution is -2.58. The molecule has 1 saturated carbocycles. The summed E-state index contributed by atoms with van der Waals surface area (Å²) < 4.78 is 24.7. The van der Waals surface area contributed by atoms with Crippen LogP contribution in [0.1, 0.15) is 32.6 Å². The quantitative estimate of drug-likeness (QED) is 0.737. The molecule has 6 nitrogen and oxygen atoms in total. The fourth-order valence-electron chi connectivity index (χ4n) is 3.78. The summed E-state index contributed by atoms with van der Waals surface area (Å²) in [5.41, 5.74) is -0.147. The Hall–Kier alpha value is -0.210. The molecular weight excluding hydrogens is 290 g/mol. The third-order valence-corrected chi connectivity index (χ3v) is 6.24. The Kier molecular flexibility index (Phi) is 5.65. The van der Waals surface area contributed by atoms with Crippen molar-refractivity contribution in [2.75, 3.05) is 45.6 Å². The van der Waals surface area contributed by atoms with E-state index in [0.717, 1.165) is 45.3 Å². The summed E-state index contributed by atoms with van der Waals surface area (Å²) in [6.45, 7) is 5.89. The summed E-state index contributed by atoms with van der Waals surface area (Å²) in [5.74, 6) is 0. The van der Waals surface area contributed by atoms with Crippen LogP contribution in [0.4, 0.5) is 0 Å². The van der Waals surface area contributed by atoms with Crippen LogP contribution in [-0.4, -0.2) is 79.9 Å². The van der Waals surface area contributed by atoms with Crippen molar-refractivity contribution in [2.24, 2.45) is 0 Å². The van der Waals surface area contributed by atoms with E-state index in [0.29, 0.717) is 19.1 Å². The molecule has 2 rings (SSSR count). The van der Waals surface area contributed by atoms with Gasteiger partial charge in [-0.15, -0.1) is 0 Å². The first kappa shape index (κ1) is 17.1. The minimum absolute atomic E-state index is 0.147. The van der Waals surface area contributed by atoms with Crippen molar-refractivity contribution in [3.05, 3.63) is 0 Å². The zero-order valence-corrected chi connectivity index (χ0v) is 14.0. The van der Waals surface area contributed by atoms with Crippen molar-refractivity contribution in [2.45, 2.75) is 44.2 Å². The van der Waals surface area contributed by atoms with Crippen LogP contribution in [-0.2, 0) is 10.0 Å². The second-order valence-corrected chi connectivity index (χ2v) is 8.40. The van der Waals surface area contributed by atoms with E-state index in [1.807, 2.05) is 0 Å². The molecule has 2 unspecified atom stereocenters. The van der Waals surface area contributed by atoms with Crippen LogP contribution < -0.4 is 5.32 Å². The fraction of sp³-hybridized carbons (Fsp3) is 1.00. The van der Waals surface area contributed by atoms with Gasteiger partial charge in [-0.05, 0) is 32.2 Å². The molecule has 0 aromatic rings. The van der Waals surface area contributed by atoms with E-state index in [1.54, 1.807) is 4.31 Å². The molecule has 7 heteroatoms. The number of aliphatic hydroxyl groups is 1. The van der Waals surface area contributed by atoms with Crippen LogP contribution in [0.5, 0.6) is 0 Å². The summed E-state index contributed by atoms with van der Waals surface area (Å²) in [5, 5.41) is 13.2. The van der Waals surface area contributed by atoms with Crippen LogP contribution in [0, 0.1) is 0 Å². The van der Waals surface area contributed by atoms with Crippen LogP contribution in [0.2, 0.25) is 0 Å². The molecule has 2 N–H and O–H groups in total. The van der Waals surface area contributed by atoms with Crippen LogP contribution >= 0.6 is 0 Å². The highest BCUT2D eigenvalue weighted by atomic mass is 32.2. The number of hydrogen-bond donors (Lipinski definition) is 2. The van der Waals surface area contributed by atoms with E-state index in [2.05, 4.69) is 17.1 Å². The van der Waals surface area contributed by atoms with E-state index in [9.17, 15) is 13.5 Å². The predicted molar refractivity (Wildman–Crippen MR) is 83.7 cm³/mol. The minimum atomic E-state index is -3.06. The first-order valence-corrected chi connectivity index (χ1v) is 9.80. The van der Waals surface area contributed by atoms with Gasteiger partial charge in [0, 0.05) is 37.8 Å². The molecule has 0 aromatic heterocycles. The number of sulfonamides is 1. The van der Waals surface area contributed by atoms with Crippen molar-refractivity contribution in [1.29, 1.82) is 0 Å². The number of nitrogens with one attached hydrogen (secondary N) is 1. The number of piperazine rings is 1. The average Bonchev–Trinajstić information content (AvgIpc) is 2.47. The van der Waals surface area contributed by atoms with Gasteiger partial charge in [0.2, 0.25) is 10.0 Å². The number of aliphatic hydroxyl groups excluding tert-OH is 1. The van der Waals surface area contributed by atoms with Gasteiger partial charge in [0.1, 0.15) is 0 Å². The number of likely N-dealkylation sites (N-methyl/N-ethyl adjacent to an activating group) is 1. The van der Waals surface area contributed by atoms with E-state index >= 15 is 0 Å². The second kappa shape index (κ2) is 6.91. The highest BCUT2D eigenvalue weighted by Gasteiger charge is 2.38. The minimum Gasteiger partial charge on any atom is -0.394 e. The molecule has 2 fully saturated rings. The Morgan fingerprint density at radius 2 is 1.95 bits per heavy atom. The first-order chi connectivity index (χ1) is 9.90. The molecule has 124 valence electrons. The normalized spacial score (nSPS) is 33.2. The van der Waals surface area contributed by atoms with E-state index in [1.165, 1.54) is 6.26 Å². The van der Waals surface area contributed by atoms with Gasteiger partial charge < -0.3 is 10.4 Å². The molecule has 1 aliphatic carbocycles. The van der Waals surface area contributed by atoms with Gasteiger partial charge in [-0.25, -0.2) is 8.42 Å². The van der Waals surface area contributed by atoms with Crippen molar-refractivity contribution < 1.29 is 13.5 Å². The average molecular weight is 319 g/mol. The lowest BCUT2D eigenvalue weighted by atomic mass is 9.78. The SMILES string of the molecule is CCNC1(CO)CCCC(N2CCN(S(C)(=O)=O)CC2)C1. The van der Waals surface area contributed by atoms with Crippen molar-refractivity contribution >= 4 is 10.0 Å². The molecular formula is C14H29N3O3S. The zero-order valence-electron chi connectivity index (χ0n) is 13.2. The van der Waals surface area contributed by atoms with Gasteiger partial charge in [-0.1, -0.05) is 6.92 Å². The van der Waals surface area contributed by atoms with Gasteiger partial charge in [0.05, 0.1) is 12.9 Å². The highest BCUT2D eigenvalue weighted by Crippen LogP contribution is 2.31. The number of rotatable bonds is 5. The van der Waals surface area contributed by atoms with Crippen LogP contribution in [0.25, 0.3) is 0 Å². The first-order valence-electron chi connectivity index (χ1n) is 7.95. The smallest absolute Gasteiger partial charge is 0.211 e. The van der Waals surface area contributed by atoms with Gasteiger partial charge in [-0.2, -0.15) is 4.31 Å². The maximum atomic E-state index is 11.6. The van der Waals surface area contributed by atoms with Gasteiger partial charge in [-0.3, -0.25) is 4.90 Å². The Morgan fingerprint density at radius 3 is 2.48 bits per heavy atom. The molecule has 1 heterocycles. The van der Waals surface area contributed by atoms with Crippen molar-refractivity contribution in [1.82, 2.24) is 14.5 Å². The Balaban J connectivity index is 1.94. The maximum Gasteiger partial charge on any atom is 0.211 e. The van der Waals surface area contributed by atoms with E-state index < -0.39 is 10.0 Å². The summed E-state index contributed by atoms with van der Waals surface area (Å²) in [4.78, 5) is 2.41. The number of nitrogens with zero attached hydrogens (tertiary/aromatic N) is 2. The van der Waals surface area contributed by atoms with Gasteiger partial charge >= 0.3 is 0 Å². The predicted octanol–water partition coefficient (Wildman–Crippen LogP) is -0.153. The summed E-state index contributed by atoms with van der Waals surface area (Å²) >= 11 is 0. The zero-order chi connectivity index (χ0) is 15.5. The molecule has 0 spiro atoms. The van der Waals surface area contributed by atoms with E-state index in [-0.39, 0.29) is 12.1 Å². The second-order valence-electron chi connectivity index (χ2n) is 6.42. The molecule has 0 amide bonds. The molecule has 2 atom stereocenters. The molecule has 1 saturated heterocycles. The summed E-state index contributed by atoms with van der Waals surface area (Å²) in [6, 6.07) is 0.451. The maximum absolute atomic E-state index is 11.6. The standard InChI is InChI=1S/C14H29N3O3S/c1-3-15-14(12-18)6-4-5-13(11-14)16-7-9-17(10-8-16)21(2,19)20/h13,15,18H,3-12H2,1-2H3. The van der Waals surface area contributed by atoms with Gasteiger partial charge in [0.15, 0.2) is 0 Å². The monoisotopic (exact) mass is 319 g/mol. The largest absolute Gasteiger partial charge is 0.394 e. The lowest BCUT2D eigenvalue weighted by Gasteiger charge is -2.46. The Bertz CT molecular complexity index is 431. The molecule has 0 aromatic carbocycles. The Morgan fingerprint density at radius 1 is 1.29 bits per heavy atom. The topological polar surface area (TPSA) is 72.9 Å². The van der Waals surface area contributed by atoms with Crippen molar-refractivity contribution in [3.8, 4) is 0 Å². The number of hydrogen-bond acceptors (Lipinski definition) is 5. The molecule has 1 aliphatic heterocycles. The van der Waals surface area contributed by atoms with E-state index in [4.69, 9.17) is 0 Å². The lowest BCUT2D eigenvalue weighted by molar-refractivity contribution is 0.0457. The molecule has 0 bridgehead atoms. The third-order valence-electron chi connectivity index (χ3n) is 4.93. The van der Waals surface area contributed by atoms with Crippen molar-refractivity contribution in [3.63, 3.8) is 0 Å². The Labute approximate surface area is 128 Å². The molecule has 21 heavy (non-hydrogen) atoms. The molecule has 2 aliphatic rings. The molecule has 0 radical (unpaired) electrons.